The van der Waals surface area contributed by atoms with Crippen molar-refractivity contribution in [2.75, 3.05) is 6.54 Å². The van der Waals surface area contributed by atoms with E-state index >= 15 is 0 Å². The molecule has 0 heterocycles. The van der Waals surface area contributed by atoms with Gasteiger partial charge in [-0.15, -0.1) is 0 Å². The van der Waals surface area contributed by atoms with Crippen molar-refractivity contribution in [2.45, 2.75) is 26.3 Å². The molecule has 1 aromatic rings. The number of carbonyl (C=O) groups excluding carboxylic acids is 1. The number of hydrogen-bond acceptors (Lipinski definition) is 2. The van der Waals surface area contributed by atoms with E-state index in [-0.39, 0.29) is 29.0 Å². The van der Waals surface area contributed by atoms with Crippen molar-refractivity contribution < 1.29 is 9.18 Å². The zero-order valence-electron chi connectivity index (χ0n) is 10.3. The number of rotatable bonds is 4. The monoisotopic (exact) mass is 268 g/mol. The summed E-state index contributed by atoms with van der Waals surface area (Å²) in [6, 6.07) is 5.62. The molecule has 0 aliphatic rings. The Bertz CT molecular complexity index is 482. The van der Waals surface area contributed by atoms with Gasteiger partial charge < -0.3 is 4.90 Å². The molecule has 0 N–H and O–H groups in total. The van der Waals surface area contributed by atoms with Crippen LogP contribution in [0.25, 0.3) is 0 Å². The Morgan fingerprint density at radius 2 is 2.22 bits per heavy atom. The van der Waals surface area contributed by atoms with Crippen molar-refractivity contribution in [3.8, 4) is 6.07 Å². The highest BCUT2D eigenvalue weighted by Crippen LogP contribution is 2.20. The molecule has 0 unspecified atom stereocenters. The fourth-order valence-electron chi connectivity index (χ4n) is 1.58. The summed E-state index contributed by atoms with van der Waals surface area (Å²) < 4.78 is 12.9. The van der Waals surface area contributed by atoms with Crippen LogP contribution in [0, 0.1) is 17.1 Å². The third-order valence-corrected chi connectivity index (χ3v) is 2.82. The number of nitrogens with zero attached hydrogens (tertiary/aromatic N) is 2. The van der Waals surface area contributed by atoms with Gasteiger partial charge in [-0.3, -0.25) is 4.79 Å². The number of halogens is 2. The van der Waals surface area contributed by atoms with E-state index in [1.165, 1.54) is 12.1 Å². The Labute approximate surface area is 111 Å². The standard InChI is InChI=1S/C13H14ClFN2O/c1-9(2)17(7-3-6-16)13(18)11-5-4-10(15)8-12(11)14/h4-5,8-9H,3,7H2,1-2H3. The number of hydrogen-bond donors (Lipinski definition) is 0. The summed E-state index contributed by atoms with van der Waals surface area (Å²) in [7, 11) is 0. The molecule has 0 aromatic heterocycles. The minimum Gasteiger partial charge on any atom is -0.335 e. The van der Waals surface area contributed by atoms with Gasteiger partial charge in [-0.1, -0.05) is 11.6 Å². The van der Waals surface area contributed by atoms with Crippen LogP contribution in [-0.2, 0) is 0 Å². The average Bonchev–Trinajstić information content (AvgIpc) is 2.28. The van der Waals surface area contributed by atoms with Gasteiger partial charge in [-0.05, 0) is 32.0 Å². The first kappa shape index (κ1) is 14.5. The van der Waals surface area contributed by atoms with Crippen LogP contribution in [-0.4, -0.2) is 23.4 Å². The Hall–Kier alpha value is -1.60. The first-order valence-corrected chi connectivity index (χ1v) is 5.98. The summed E-state index contributed by atoms with van der Waals surface area (Å²) in [5.74, 6) is -0.769. The molecular weight excluding hydrogens is 255 g/mol. The van der Waals surface area contributed by atoms with Crippen molar-refractivity contribution in [2.24, 2.45) is 0 Å². The predicted molar refractivity (Wildman–Crippen MR) is 67.8 cm³/mol. The number of carbonyl (C=O) groups is 1. The van der Waals surface area contributed by atoms with Gasteiger partial charge in [0.05, 0.1) is 23.1 Å². The minimum absolute atomic E-state index is 0.0491. The Morgan fingerprint density at radius 3 is 2.72 bits per heavy atom. The van der Waals surface area contributed by atoms with Crippen LogP contribution in [0.3, 0.4) is 0 Å². The van der Waals surface area contributed by atoms with Crippen molar-refractivity contribution >= 4 is 17.5 Å². The first-order valence-electron chi connectivity index (χ1n) is 5.60. The molecule has 0 saturated carbocycles. The lowest BCUT2D eigenvalue weighted by Crippen LogP contribution is -2.37. The van der Waals surface area contributed by atoms with Crippen molar-refractivity contribution in [1.29, 1.82) is 5.26 Å². The molecule has 1 amide bonds. The zero-order valence-corrected chi connectivity index (χ0v) is 11.0. The van der Waals surface area contributed by atoms with Gasteiger partial charge in [0.25, 0.3) is 5.91 Å². The van der Waals surface area contributed by atoms with Crippen molar-refractivity contribution in [1.82, 2.24) is 4.90 Å². The Kier molecular flexibility index (Phi) is 5.11. The van der Waals surface area contributed by atoms with Crippen LogP contribution in [0.2, 0.25) is 5.02 Å². The second-order valence-corrected chi connectivity index (χ2v) is 4.53. The van der Waals surface area contributed by atoms with E-state index < -0.39 is 5.82 Å². The lowest BCUT2D eigenvalue weighted by molar-refractivity contribution is 0.0710. The molecule has 1 aromatic carbocycles. The normalized spacial score (nSPS) is 10.2. The SMILES string of the molecule is CC(C)N(CCC#N)C(=O)c1ccc(F)cc1Cl. The minimum atomic E-state index is -0.482. The molecule has 0 aliphatic heterocycles. The number of nitriles is 1. The van der Waals surface area contributed by atoms with Crippen LogP contribution in [0.1, 0.15) is 30.6 Å². The number of amides is 1. The van der Waals surface area contributed by atoms with E-state index in [0.717, 1.165) is 6.07 Å². The highest BCUT2D eigenvalue weighted by molar-refractivity contribution is 6.33. The first-order chi connectivity index (χ1) is 8.47. The van der Waals surface area contributed by atoms with Gasteiger partial charge in [0.1, 0.15) is 5.82 Å². The van der Waals surface area contributed by atoms with Crippen LogP contribution in [0.15, 0.2) is 18.2 Å². The van der Waals surface area contributed by atoms with E-state index in [0.29, 0.717) is 6.54 Å². The molecule has 3 nitrogen and oxygen atoms in total. The second kappa shape index (κ2) is 6.36. The molecule has 0 saturated heterocycles. The van der Waals surface area contributed by atoms with Crippen molar-refractivity contribution in [3.05, 3.63) is 34.6 Å². The lowest BCUT2D eigenvalue weighted by Gasteiger charge is -2.26. The van der Waals surface area contributed by atoms with Gasteiger partial charge in [-0.25, -0.2) is 4.39 Å². The second-order valence-electron chi connectivity index (χ2n) is 4.12. The van der Waals surface area contributed by atoms with Gasteiger partial charge in [0.15, 0.2) is 0 Å². The Morgan fingerprint density at radius 1 is 1.56 bits per heavy atom. The summed E-state index contributed by atoms with van der Waals surface area (Å²) in [4.78, 5) is 13.8. The molecule has 0 bridgehead atoms. The van der Waals surface area contributed by atoms with Crippen LogP contribution in [0.4, 0.5) is 4.39 Å². The van der Waals surface area contributed by atoms with E-state index in [4.69, 9.17) is 16.9 Å². The molecular formula is C13H14ClFN2O. The van der Waals surface area contributed by atoms with Crippen LogP contribution >= 0.6 is 11.6 Å². The van der Waals surface area contributed by atoms with E-state index in [1.54, 1.807) is 4.90 Å². The molecule has 18 heavy (non-hydrogen) atoms. The van der Waals surface area contributed by atoms with E-state index in [9.17, 15) is 9.18 Å². The lowest BCUT2D eigenvalue weighted by atomic mass is 10.1. The van der Waals surface area contributed by atoms with Gasteiger partial charge in [0.2, 0.25) is 0 Å². The highest BCUT2D eigenvalue weighted by Gasteiger charge is 2.20. The van der Waals surface area contributed by atoms with E-state index in [2.05, 4.69) is 0 Å². The van der Waals surface area contributed by atoms with E-state index in [1.807, 2.05) is 19.9 Å². The molecule has 0 radical (unpaired) electrons. The summed E-state index contributed by atoms with van der Waals surface area (Å²) in [5.41, 5.74) is 0.254. The molecule has 1 rings (SSSR count). The van der Waals surface area contributed by atoms with Crippen molar-refractivity contribution in [3.63, 3.8) is 0 Å². The zero-order chi connectivity index (χ0) is 13.7. The fourth-order valence-corrected chi connectivity index (χ4v) is 1.83. The molecule has 0 aliphatic carbocycles. The van der Waals surface area contributed by atoms with Crippen LogP contribution < -0.4 is 0 Å². The fraction of sp³-hybridized carbons (Fsp3) is 0.385. The largest absolute Gasteiger partial charge is 0.335 e. The maximum atomic E-state index is 12.9. The molecule has 96 valence electrons. The van der Waals surface area contributed by atoms with Gasteiger partial charge in [0, 0.05) is 12.6 Å². The Balaban J connectivity index is 2.99. The molecule has 0 atom stereocenters. The van der Waals surface area contributed by atoms with Crippen LogP contribution in [0.5, 0.6) is 0 Å². The van der Waals surface area contributed by atoms with Gasteiger partial charge >= 0.3 is 0 Å². The quantitative estimate of drug-likeness (QED) is 0.841. The maximum absolute atomic E-state index is 12.9. The smallest absolute Gasteiger partial charge is 0.255 e. The predicted octanol–water partition coefficient (Wildman–Crippen LogP) is 3.24. The highest BCUT2D eigenvalue weighted by atomic mass is 35.5. The third kappa shape index (κ3) is 3.44. The maximum Gasteiger partial charge on any atom is 0.255 e. The number of benzene rings is 1. The third-order valence-electron chi connectivity index (χ3n) is 2.51. The molecule has 5 heteroatoms. The van der Waals surface area contributed by atoms with Gasteiger partial charge in [-0.2, -0.15) is 5.26 Å². The molecule has 0 spiro atoms. The average molecular weight is 269 g/mol. The summed E-state index contributed by atoms with van der Waals surface area (Å²) in [6.07, 6.45) is 0.253. The summed E-state index contributed by atoms with van der Waals surface area (Å²) >= 11 is 5.85. The summed E-state index contributed by atoms with van der Waals surface area (Å²) in [6.45, 7) is 4.04. The summed E-state index contributed by atoms with van der Waals surface area (Å²) in [5, 5.41) is 8.66. The topological polar surface area (TPSA) is 44.1 Å². The molecule has 0 fully saturated rings.